The molecule has 7 nitrogen and oxygen atoms in total. The number of anilines is 1. The number of H-pyrrole nitrogens is 1. The maximum absolute atomic E-state index is 12.7. The highest BCUT2D eigenvalue weighted by molar-refractivity contribution is 6.61. The van der Waals surface area contributed by atoms with Crippen LogP contribution in [0.25, 0.3) is 11.4 Å². The highest BCUT2D eigenvalue weighted by Gasteiger charge is 2.35. The Morgan fingerprint density at radius 3 is 2.73 bits per heavy atom. The molecule has 0 unspecified atom stereocenters. The minimum absolute atomic E-state index is 0.221. The summed E-state index contributed by atoms with van der Waals surface area (Å²) in [6.07, 6.45) is 3.04. The highest BCUT2D eigenvalue weighted by Crippen LogP contribution is 2.38. The number of rotatable bonds is 4. The lowest BCUT2D eigenvalue weighted by Crippen LogP contribution is -2.50. The molecule has 8 heteroatoms. The van der Waals surface area contributed by atoms with Gasteiger partial charge >= 0.3 is 7.12 Å². The average molecular weight is 402 g/mol. The van der Waals surface area contributed by atoms with Crippen LogP contribution >= 0.6 is 0 Å². The molecular weight excluding hydrogens is 379 g/mol. The molecule has 0 radical (unpaired) electrons. The first kappa shape index (κ1) is 19.0. The minimum atomic E-state index is -0.998. The van der Waals surface area contributed by atoms with E-state index in [1.54, 1.807) is 18.2 Å². The number of amides is 1. The zero-order valence-corrected chi connectivity index (χ0v) is 17.0. The number of carbonyl (C=O) groups excluding carboxylic acids is 1. The average Bonchev–Trinajstić information content (AvgIpc) is 3.44. The molecule has 1 aliphatic carbocycles. The second-order valence-corrected chi connectivity index (χ2v) is 8.67. The van der Waals surface area contributed by atoms with Crippen LogP contribution in [0.3, 0.4) is 0 Å². The van der Waals surface area contributed by atoms with Crippen molar-refractivity contribution in [2.45, 2.75) is 44.6 Å². The monoisotopic (exact) mass is 402 g/mol. The van der Waals surface area contributed by atoms with Crippen LogP contribution in [-0.4, -0.2) is 38.8 Å². The van der Waals surface area contributed by atoms with Gasteiger partial charge in [0.25, 0.3) is 5.91 Å². The van der Waals surface area contributed by atoms with E-state index in [2.05, 4.69) is 20.5 Å². The Morgan fingerprint density at radius 2 is 2.00 bits per heavy atom. The van der Waals surface area contributed by atoms with E-state index in [0.29, 0.717) is 34.9 Å². The first-order chi connectivity index (χ1) is 14.4. The predicted molar refractivity (Wildman–Crippen MR) is 115 cm³/mol. The summed E-state index contributed by atoms with van der Waals surface area (Å²) in [4.78, 5) is 17.2. The van der Waals surface area contributed by atoms with Crippen molar-refractivity contribution in [3.05, 3.63) is 59.4 Å². The fourth-order valence-electron chi connectivity index (χ4n) is 3.85. The van der Waals surface area contributed by atoms with Crippen LogP contribution in [0, 0.1) is 0 Å². The highest BCUT2D eigenvalue weighted by atomic mass is 16.5. The molecule has 30 heavy (non-hydrogen) atoms. The van der Waals surface area contributed by atoms with Crippen LogP contribution in [0.1, 0.15) is 54.4 Å². The third kappa shape index (κ3) is 3.76. The maximum atomic E-state index is 12.7. The van der Waals surface area contributed by atoms with Crippen molar-refractivity contribution >= 4 is 24.2 Å². The summed E-state index contributed by atoms with van der Waals surface area (Å²) in [7, 11) is -0.998. The lowest BCUT2D eigenvalue weighted by molar-refractivity contribution is 0.0820. The molecule has 2 heterocycles. The van der Waals surface area contributed by atoms with Crippen LogP contribution in [0.4, 0.5) is 5.69 Å². The van der Waals surface area contributed by atoms with Gasteiger partial charge in [-0.1, -0.05) is 18.2 Å². The van der Waals surface area contributed by atoms with Gasteiger partial charge in [-0.25, -0.2) is 4.98 Å². The normalized spacial score (nSPS) is 17.5. The first-order valence-electron chi connectivity index (χ1n) is 10.2. The Kier molecular flexibility index (Phi) is 4.48. The fraction of sp³-hybridized carbons (Fsp3) is 0.318. The molecular formula is C22H23BN4O3. The van der Waals surface area contributed by atoms with Crippen LogP contribution in [0.15, 0.2) is 42.5 Å². The van der Waals surface area contributed by atoms with E-state index in [4.69, 9.17) is 4.65 Å². The van der Waals surface area contributed by atoms with Gasteiger partial charge in [0, 0.05) is 22.7 Å². The SMILES string of the molecule is CC1(C)Cc2ccc(NC(=O)c3ccc(-c4n[nH]c(C5CC5)n4)cc3)cc2B(O)O1. The van der Waals surface area contributed by atoms with Crippen molar-refractivity contribution in [1.82, 2.24) is 15.2 Å². The van der Waals surface area contributed by atoms with Gasteiger partial charge in [-0.2, -0.15) is 5.10 Å². The molecule has 5 rings (SSSR count). The van der Waals surface area contributed by atoms with Crippen molar-refractivity contribution in [1.29, 1.82) is 0 Å². The van der Waals surface area contributed by atoms with Crippen LogP contribution in [-0.2, 0) is 11.1 Å². The van der Waals surface area contributed by atoms with Gasteiger partial charge in [-0.3, -0.25) is 9.89 Å². The van der Waals surface area contributed by atoms with Gasteiger partial charge in [0.05, 0.1) is 5.60 Å². The lowest BCUT2D eigenvalue weighted by atomic mass is 9.70. The first-order valence-corrected chi connectivity index (χ1v) is 10.2. The Labute approximate surface area is 175 Å². The van der Waals surface area contributed by atoms with Gasteiger partial charge in [0.1, 0.15) is 5.82 Å². The van der Waals surface area contributed by atoms with Gasteiger partial charge < -0.3 is 15.0 Å². The molecule has 2 aromatic carbocycles. The van der Waals surface area contributed by atoms with E-state index >= 15 is 0 Å². The number of aromatic amines is 1. The van der Waals surface area contributed by atoms with E-state index in [9.17, 15) is 9.82 Å². The third-order valence-electron chi connectivity index (χ3n) is 5.59. The molecule has 3 aromatic rings. The largest absolute Gasteiger partial charge is 0.491 e. The predicted octanol–water partition coefficient (Wildman–Crippen LogP) is 2.64. The van der Waals surface area contributed by atoms with Gasteiger partial charge in [-0.05, 0) is 68.4 Å². The summed E-state index contributed by atoms with van der Waals surface area (Å²) in [5.74, 6) is 1.88. The van der Waals surface area contributed by atoms with E-state index in [0.717, 1.165) is 29.8 Å². The molecule has 0 atom stereocenters. The molecule has 1 amide bonds. The third-order valence-corrected chi connectivity index (χ3v) is 5.59. The summed E-state index contributed by atoms with van der Waals surface area (Å²) >= 11 is 0. The summed E-state index contributed by atoms with van der Waals surface area (Å²) < 4.78 is 5.65. The molecule has 2 aliphatic rings. The molecule has 152 valence electrons. The molecule has 3 N–H and O–H groups in total. The second kappa shape index (κ2) is 7.07. The Hall–Kier alpha value is -2.97. The molecule has 1 fully saturated rings. The van der Waals surface area contributed by atoms with Crippen LogP contribution < -0.4 is 10.8 Å². The number of aromatic nitrogens is 3. The summed E-state index contributed by atoms with van der Waals surface area (Å²) in [6.45, 7) is 3.90. The summed E-state index contributed by atoms with van der Waals surface area (Å²) in [5.41, 5.74) is 3.32. The Morgan fingerprint density at radius 1 is 1.23 bits per heavy atom. The van der Waals surface area contributed by atoms with Gasteiger partial charge in [0.2, 0.25) is 0 Å². The number of hydrogen-bond donors (Lipinski definition) is 3. The van der Waals surface area contributed by atoms with Crippen LogP contribution in [0.2, 0.25) is 0 Å². The number of hydrogen-bond acceptors (Lipinski definition) is 5. The molecule has 1 saturated carbocycles. The zero-order valence-electron chi connectivity index (χ0n) is 17.0. The van der Waals surface area contributed by atoms with Crippen molar-refractivity contribution < 1.29 is 14.5 Å². The Balaban J connectivity index is 1.30. The minimum Gasteiger partial charge on any atom is -0.423 e. The second-order valence-electron chi connectivity index (χ2n) is 8.67. The van der Waals surface area contributed by atoms with Crippen molar-refractivity contribution in [3.8, 4) is 11.4 Å². The van der Waals surface area contributed by atoms with E-state index < -0.39 is 12.7 Å². The standard InChI is InChI=1S/C22H23BN4O3/c1-22(2)12-16-9-10-17(11-18(16)23(29)30-22)24-21(28)15-7-5-14(6-8-15)20-25-19(26-27-20)13-3-4-13/h5-11,13,29H,3-4,12H2,1-2H3,(H,24,28)(H,25,26,27). The van der Waals surface area contributed by atoms with Crippen molar-refractivity contribution in [3.63, 3.8) is 0 Å². The number of carbonyl (C=O) groups is 1. The van der Waals surface area contributed by atoms with E-state index in [-0.39, 0.29) is 5.91 Å². The molecule has 0 saturated heterocycles. The maximum Gasteiger partial charge on any atom is 0.491 e. The molecule has 0 bridgehead atoms. The number of nitrogens with zero attached hydrogens (tertiary/aromatic N) is 2. The molecule has 1 aliphatic heterocycles. The fourth-order valence-corrected chi connectivity index (χ4v) is 3.85. The van der Waals surface area contributed by atoms with E-state index in [1.165, 1.54) is 0 Å². The summed E-state index contributed by atoms with van der Waals surface area (Å²) in [6, 6.07) is 12.8. The number of benzene rings is 2. The quantitative estimate of drug-likeness (QED) is 0.583. The topological polar surface area (TPSA) is 100 Å². The molecule has 1 aromatic heterocycles. The van der Waals surface area contributed by atoms with Crippen molar-refractivity contribution in [2.24, 2.45) is 0 Å². The number of fused-ring (bicyclic) bond motifs is 1. The van der Waals surface area contributed by atoms with Crippen molar-refractivity contribution in [2.75, 3.05) is 5.32 Å². The Bertz CT molecular complexity index is 1110. The van der Waals surface area contributed by atoms with Gasteiger partial charge in [-0.15, -0.1) is 0 Å². The van der Waals surface area contributed by atoms with Gasteiger partial charge in [0.15, 0.2) is 5.82 Å². The smallest absolute Gasteiger partial charge is 0.423 e. The van der Waals surface area contributed by atoms with Crippen LogP contribution in [0.5, 0.6) is 0 Å². The molecule has 0 spiro atoms. The number of nitrogens with one attached hydrogen (secondary N) is 2. The zero-order chi connectivity index (χ0) is 20.9. The lowest BCUT2D eigenvalue weighted by Gasteiger charge is -2.34. The summed E-state index contributed by atoms with van der Waals surface area (Å²) in [5, 5.41) is 20.5. The van der Waals surface area contributed by atoms with E-state index in [1.807, 2.05) is 38.1 Å².